The van der Waals surface area contributed by atoms with E-state index in [9.17, 15) is 14.4 Å². The Kier molecular flexibility index (Phi) is 5.85. The molecule has 0 aliphatic heterocycles. The Morgan fingerprint density at radius 1 is 1.38 bits per heavy atom. The van der Waals surface area contributed by atoms with Crippen LogP contribution in [0.25, 0.3) is 0 Å². The smallest absolute Gasteiger partial charge is 0.329 e. The fourth-order valence-electron chi connectivity index (χ4n) is 1.81. The van der Waals surface area contributed by atoms with Crippen molar-refractivity contribution in [2.24, 2.45) is 12.8 Å². The molecule has 4 N–H and O–H groups in total. The van der Waals surface area contributed by atoms with E-state index in [0.717, 1.165) is 6.42 Å². The Hall–Kier alpha value is -2.42. The maximum atomic E-state index is 11.7. The lowest BCUT2D eigenvalue weighted by Crippen LogP contribution is -2.24. The van der Waals surface area contributed by atoms with E-state index in [4.69, 9.17) is 10.8 Å². The zero-order valence-electron chi connectivity index (χ0n) is 11.9. The third-order valence-electron chi connectivity index (χ3n) is 2.56. The first-order chi connectivity index (χ1) is 9.86. The van der Waals surface area contributed by atoms with Crippen molar-refractivity contribution in [3.8, 4) is 0 Å². The van der Waals surface area contributed by atoms with E-state index < -0.39 is 31.0 Å². The SMILES string of the molecule is CCCc1nn(C)c(C(N)=O)c1NC(=O)COCC(=O)O. The number of nitrogens with zero attached hydrogens (tertiary/aromatic N) is 2. The average molecular weight is 298 g/mol. The lowest BCUT2D eigenvalue weighted by molar-refractivity contribution is -0.143. The minimum absolute atomic E-state index is 0.0880. The predicted molar refractivity (Wildman–Crippen MR) is 72.8 cm³/mol. The average Bonchev–Trinajstić information content (AvgIpc) is 2.65. The van der Waals surface area contributed by atoms with Crippen LogP contribution in [-0.2, 0) is 27.8 Å². The molecular weight excluding hydrogens is 280 g/mol. The Balaban J connectivity index is 2.87. The minimum Gasteiger partial charge on any atom is -0.480 e. The zero-order chi connectivity index (χ0) is 16.0. The summed E-state index contributed by atoms with van der Waals surface area (Å²) in [5.41, 5.74) is 6.16. The van der Waals surface area contributed by atoms with Gasteiger partial charge in [0.25, 0.3) is 11.8 Å². The van der Waals surface area contributed by atoms with Gasteiger partial charge in [0.05, 0.1) is 11.4 Å². The Labute approximate surface area is 121 Å². The van der Waals surface area contributed by atoms with Crippen molar-refractivity contribution in [1.29, 1.82) is 0 Å². The van der Waals surface area contributed by atoms with Crippen LogP contribution in [0.5, 0.6) is 0 Å². The number of carbonyl (C=O) groups excluding carboxylic acids is 2. The van der Waals surface area contributed by atoms with Gasteiger partial charge < -0.3 is 20.9 Å². The van der Waals surface area contributed by atoms with Gasteiger partial charge in [-0.1, -0.05) is 13.3 Å². The van der Waals surface area contributed by atoms with Gasteiger partial charge in [0, 0.05) is 7.05 Å². The molecule has 9 nitrogen and oxygen atoms in total. The number of rotatable bonds is 8. The van der Waals surface area contributed by atoms with E-state index >= 15 is 0 Å². The van der Waals surface area contributed by atoms with Crippen LogP contribution < -0.4 is 11.1 Å². The molecule has 0 saturated carbocycles. The summed E-state index contributed by atoms with van der Waals surface area (Å²) >= 11 is 0. The highest BCUT2D eigenvalue weighted by Crippen LogP contribution is 2.21. The number of ether oxygens (including phenoxy) is 1. The molecule has 1 aromatic rings. The third kappa shape index (κ3) is 4.56. The van der Waals surface area contributed by atoms with Crippen LogP contribution in [0.3, 0.4) is 0 Å². The van der Waals surface area contributed by atoms with Crippen molar-refractivity contribution in [2.45, 2.75) is 19.8 Å². The number of primary amides is 1. The second kappa shape index (κ2) is 7.39. The van der Waals surface area contributed by atoms with Crippen LogP contribution in [0.1, 0.15) is 29.5 Å². The van der Waals surface area contributed by atoms with Gasteiger partial charge in [-0.25, -0.2) is 4.79 Å². The first kappa shape index (κ1) is 16.6. The number of carbonyl (C=O) groups is 3. The normalized spacial score (nSPS) is 10.4. The largest absolute Gasteiger partial charge is 0.480 e. The molecule has 1 heterocycles. The van der Waals surface area contributed by atoms with Gasteiger partial charge >= 0.3 is 5.97 Å². The lowest BCUT2D eigenvalue weighted by Gasteiger charge is -2.07. The van der Waals surface area contributed by atoms with Gasteiger partial charge in [-0.05, 0) is 6.42 Å². The van der Waals surface area contributed by atoms with Crippen molar-refractivity contribution >= 4 is 23.5 Å². The summed E-state index contributed by atoms with van der Waals surface area (Å²) in [6.45, 7) is 0.913. The second-order valence-electron chi connectivity index (χ2n) is 4.34. The fraction of sp³-hybridized carbons (Fsp3) is 0.500. The number of nitrogens with two attached hydrogens (primary N) is 1. The molecule has 0 atom stereocenters. The number of nitrogens with one attached hydrogen (secondary N) is 1. The molecule has 0 fully saturated rings. The number of aryl methyl sites for hydroxylation is 2. The number of carboxylic acid groups (broad SMARTS) is 1. The maximum Gasteiger partial charge on any atom is 0.329 e. The van der Waals surface area contributed by atoms with Crippen molar-refractivity contribution in [3.63, 3.8) is 0 Å². The minimum atomic E-state index is -1.17. The van der Waals surface area contributed by atoms with Crippen LogP contribution in [-0.4, -0.2) is 45.9 Å². The quantitative estimate of drug-likeness (QED) is 0.592. The monoisotopic (exact) mass is 298 g/mol. The molecule has 0 unspecified atom stereocenters. The summed E-state index contributed by atoms with van der Waals surface area (Å²) in [6.07, 6.45) is 1.33. The lowest BCUT2D eigenvalue weighted by atomic mass is 10.2. The predicted octanol–water partition coefficient (Wildman–Crippen LogP) is -0.489. The number of aromatic nitrogens is 2. The molecule has 1 aromatic heterocycles. The first-order valence-electron chi connectivity index (χ1n) is 6.31. The third-order valence-corrected chi connectivity index (χ3v) is 2.56. The van der Waals surface area contributed by atoms with E-state index in [0.29, 0.717) is 12.1 Å². The van der Waals surface area contributed by atoms with Gasteiger partial charge in [0.15, 0.2) is 0 Å². The highest BCUT2D eigenvalue weighted by molar-refractivity contribution is 6.02. The maximum absolute atomic E-state index is 11.7. The Morgan fingerprint density at radius 3 is 2.57 bits per heavy atom. The van der Waals surface area contributed by atoms with Crippen molar-refractivity contribution in [1.82, 2.24) is 9.78 Å². The number of amides is 2. The second-order valence-corrected chi connectivity index (χ2v) is 4.34. The van der Waals surface area contributed by atoms with Crippen LogP contribution >= 0.6 is 0 Å². The molecule has 0 aromatic carbocycles. The van der Waals surface area contributed by atoms with Crippen LogP contribution in [0.4, 0.5) is 5.69 Å². The molecule has 9 heteroatoms. The molecule has 0 aliphatic rings. The highest BCUT2D eigenvalue weighted by Gasteiger charge is 2.21. The Bertz CT molecular complexity index is 552. The zero-order valence-corrected chi connectivity index (χ0v) is 11.9. The summed E-state index contributed by atoms with van der Waals surface area (Å²) in [7, 11) is 1.55. The van der Waals surface area contributed by atoms with Crippen molar-refractivity contribution < 1.29 is 24.2 Å². The van der Waals surface area contributed by atoms with E-state index in [1.54, 1.807) is 7.05 Å². The molecule has 0 spiro atoms. The number of hydrogen-bond acceptors (Lipinski definition) is 5. The molecule has 0 bridgehead atoms. The Morgan fingerprint density at radius 2 is 2.05 bits per heavy atom. The molecule has 0 radical (unpaired) electrons. The van der Waals surface area contributed by atoms with Crippen molar-refractivity contribution in [3.05, 3.63) is 11.4 Å². The highest BCUT2D eigenvalue weighted by atomic mass is 16.5. The van der Waals surface area contributed by atoms with Gasteiger partial charge in [-0.15, -0.1) is 0 Å². The number of carboxylic acids is 1. The molecule has 1 rings (SSSR count). The summed E-state index contributed by atoms with van der Waals surface area (Å²) in [4.78, 5) is 33.5. The number of anilines is 1. The van der Waals surface area contributed by atoms with E-state index in [1.165, 1.54) is 4.68 Å². The molecule has 0 aliphatic carbocycles. The molecular formula is C12H18N4O5. The summed E-state index contributed by atoms with van der Waals surface area (Å²) in [5, 5.41) is 15.1. The fourth-order valence-corrected chi connectivity index (χ4v) is 1.81. The van der Waals surface area contributed by atoms with E-state index in [2.05, 4.69) is 15.2 Å². The standard InChI is InChI=1S/C12H18N4O5/c1-3-4-7-10(11(12(13)20)16(2)15-7)14-8(17)5-21-6-9(18)19/h3-6H2,1-2H3,(H2,13,20)(H,14,17)(H,18,19). The van der Waals surface area contributed by atoms with Gasteiger partial charge in [0.2, 0.25) is 0 Å². The van der Waals surface area contributed by atoms with Crippen LogP contribution in [0, 0.1) is 0 Å². The molecule has 2 amide bonds. The van der Waals surface area contributed by atoms with E-state index in [1.807, 2.05) is 6.92 Å². The van der Waals surface area contributed by atoms with Gasteiger partial charge in [-0.3, -0.25) is 14.3 Å². The number of hydrogen-bond donors (Lipinski definition) is 3. The van der Waals surface area contributed by atoms with Gasteiger partial charge in [0.1, 0.15) is 18.9 Å². The van der Waals surface area contributed by atoms with Crippen LogP contribution in [0.15, 0.2) is 0 Å². The summed E-state index contributed by atoms with van der Waals surface area (Å²) < 4.78 is 5.99. The topological polar surface area (TPSA) is 137 Å². The van der Waals surface area contributed by atoms with E-state index in [-0.39, 0.29) is 11.4 Å². The number of aliphatic carboxylic acids is 1. The summed E-state index contributed by atoms with van der Waals surface area (Å²) in [5.74, 6) is -2.47. The first-order valence-corrected chi connectivity index (χ1v) is 6.31. The van der Waals surface area contributed by atoms with Gasteiger partial charge in [-0.2, -0.15) is 5.10 Å². The summed E-state index contributed by atoms with van der Waals surface area (Å²) in [6, 6.07) is 0. The molecule has 116 valence electrons. The molecule has 21 heavy (non-hydrogen) atoms. The van der Waals surface area contributed by atoms with Crippen LogP contribution in [0.2, 0.25) is 0 Å². The van der Waals surface area contributed by atoms with Crippen molar-refractivity contribution in [2.75, 3.05) is 18.5 Å². The molecule has 0 saturated heterocycles.